The summed E-state index contributed by atoms with van der Waals surface area (Å²) in [4.78, 5) is 28.7. The third kappa shape index (κ3) is 7.55. The Bertz CT molecular complexity index is 1080. The van der Waals surface area contributed by atoms with Gasteiger partial charge in [-0.15, -0.1) is 0 Å². The van der Waals surface area contributed by atoms with Crippen LogP contribution in [0, 0.1) is 18.7 Å². The number of benzene rings is 3. The molecular formula is C29H33FN2O2. The van der Waals surface area contributed by atoms with Crippen molar-refractivity contribution in [2.75, 3.05) is 6.54 Å². The third-order valence-electron chi connectivity index (χ3n) is 5.66. The SMILES string of the molecule is Cc1cccc(CC(=O)N(Cc2ccc(F)cc2)[C@H](Cc2ccccc2)C(=O)NCC(C)C)c1. The first kappa shape index (κ1) is 25.2. The molecule has 1 atom stereocenters. The van der Waals surface area contributed by atoms with Gasteiger partial charge in [-0.05, 0) is 41.7 Å². The number of amides is 2. The number of carbonyl (C=O) groups is 2. The molecule has 0 radical (unpaired) electrons. The van der Waals surface area contributed by atoms with E-state index < -0.39 is 6.04 Å². The van der Waals surface area contributed by atoms with Crippen LogP contribution in [0.15, 0.2) is 78.9 Å². The molecule has 2 amide bonds. The zero-order valence-electron chi connectivity index (χ0n) is 20.1. The second-order valence-corrected chi connectivity index (χ2v) is 9.16. The predicted molar refractivity (Wildman–Crippen MR) is 134 cm³/mol. The van der Waals surface area contributed by atoms with Crippen LogP contribution in [0.4, 0.5) is 4.39 Å². The zero-order valence-corrected chi connectivity index (χ0v) is 20.1. The van der Waals surface area contributed by atoms with Gasteiger partial charge in [-0.3, -0.25) is 9.59 Å². The first-order valence-corrected chi connectivity index (χ1v) is 11.7. The largest absolute Gasteiger partial charge is 0.354 e. The summed E-state index contributed by atoms with van der Waals surface area (Å²) in [7, 11) is 0. The van der Waals surface area contributed by atoms with Crippen LogP contribution < -0.4 is 5.32 Å². The third-order valence-corrected chi connectivity index (χ3v) is 5.66. The van der Waals surface area contributed by atoms with Gasteiger partial charge in [-0.25, -0.2) is 4.39 Å². The summed E-state index contributed by atoms with van der Waals surface area (Å²) in [6.45, 7) is 6.80. The molecule has 1 N–H and O–H groups in total. The Morgan fingerprint density at radius 2 is 1.56 bits per heavy atom. The van der Waals surface area contributed by atoms with Crippen molar-refractivity contribution in [3.05, 3.63) is 107 Å². The van der Waals surface area contributed by atoms with E-state index in [0.717, 1.165) is 22.3 Å². The average Bonchev–Trinajstić information content (AvgIpc) is 2.81. The lowest BCUT2D eigenvalue weighted by molar-refractivity contribution is -0.140. The molecule has 5 heteroatoms. The molecule has 34 heavy (non-hydrogen) atoms. The molecule has 0 fully saturated rings. The Morgan fingerprint density at radius 1 is 0.882 bits per heavy atom. The molecule has 0 aliphatic carbocycles. The summed E-state index contributed by atoms with van der Waals surface area (Å²) in [6.07, 6.45) is 0.581. The predicted octanol–water partition coefficient (Wildman–Crippen LogP) is 5.09. The highest BCUT2D eigenvalue weighted by Gasteiger charge is 2.30. The number of hydrogen-bond acceptors (Lipinski definition) is 2. The smallest absolute Gasteiger partial charge is 0.243 e. The quantitative estimate of drug-likeness (QED) is 0.458. The molecule has 0 heterocycles. The lowest BCUT2D eigenvalue weighted by atomic mass is 10.0. The van der Waals surface area contributed by atoms with E-state index in [1.807, 2.05) is 75.4 Å². The van der Waals surface area contributed by atoms with Gasteiger partial charge in [0.05, 0.1) is 6.42 Å². The van der Waals surface area contributed by atoms with Gasteiger partial charge in [0.1, 0.15) is 11.9 Å². The van der Waals surface area contributed by atoms with Gasteiger partial charge in [0.2, 0.25) is 11.8 Å². The van der Waals surface area contributed by atoms with Gasteiger partial charge in [0, 0.05) is 19.5 Å². The molecule has 0 unspecified atom stereocenters. The van der Waals surface area contributed by atoms with Crippen molar-refractivity contribution in [2.24, 2.45) is 5.92 Å². The Morgan fingerprint density at radius 3 is 2.21 bits per heavy atom. The number of aryl methyl sites for hydroxylation is 1. The van der Waals surface area contributed by atoms with E-state index in [0.29, 0.717) is 13.0 Å². The number of halogens is 1. The number of rotatable bonds is 10. The van der Waals surface area contributed by atoms with E-state index in [1.54, 1.807) is 17.0 Å². The van der Waals surface area contributed by atoms with Gasteiger partial charge < -0.3 is 10.2 Å². The maximum Gasteiger partial charge on any atom is 0.243 e. The highest BCUT2D eigenvalue weighted by atomic mass is 19.1. The minimum atomic E-state index is -0.691. The molecule has 4 nitrogen and oxygen atoms in total. The van der Waals surface area contributed by atoms with E-state index in [4.69, 9.17) is 0 Å². The number of nitrogens with zero attached hydrogens (tertiary/aromatic N) is 1. The minimum Gasteiger partial charge on any atom is -0.354 e. The van der Waals surface area contributed by atoms with Crippen molar-refractivity contribution in [3.63, 3.8) is 0 Å². The van der Waals surface area contributed by atoms with Gasteiger partial charge >= 0.3 is 0 Å². The molecule has 0 saturated carbocycles. The van der Waals surface area contributed by atoms with E-state index in [9.17, 15) is 14.0 Å². The molecule has 0 aliphatic heterocycles. The topological polar surface area (TPSA) is 49.4 Å². The van der Waals surface area contributed by atoms with E-state index in [2.05, 4.69) is 5.32 Å². The summed E-state index contributed by atoms with van der Waals surface area (Å²) in [5, 5.41) is 3.01. The van der Waals surface area contributed by atoms with Crippen molar-refractivity contribution in [3.8, 4) is 0 Å². The molecule has 0 aromatic heterocycles. The van der Waals surface area contributed by atoms with Crippen LogP contribution in [-0.4, -0.2) is 29.3 Å². The van der Waals surface area contributed by atoms with Gasteiger partial charge in [-0.1, -0.05) is 86.1 Å². The molecule has 178 valence electrons. The van der Waals surface area contributed by atoms with Gasteiger partial charge in [0.25, 0.3) is 0 Å². The fourth-order valence-corrected chi connectivity index (χ4v) is 3.86. The van der Waals surface area contributed by atoms with Crippen LogP contribution >= 0.6 is 0 Å². The Hall–Kier alpha value is -3.47. The van der Waals surface area contributed by atoms with Crippen molar-refractivity contribution in [1.29, 1.82) is 0 Å². The van der Waals surface area contributed by atoms with E-state index >= 15 is 0 Å². The van der Waals surface area contributed by atoms with E-state index in [1.165, 1.54) is 12.1 Å². The van der Waals surface area contributed by atoms with Crippen molar-refractivity contribution < 1.29 is 14.0 Å². The van der Waals surface area contributed by atoms with Gasteiger partial charge in [-0.2, -0.15) is 0 Å². The van der Waals surface area contributed by atoms with Crippen LogP contribution in [0.25, 0.3) is 0 Å². The van der Waals surface area contributed by atoms with Crippen molar-refractivity contribution >= 4 is 11.8 Å². The lowest BCUT2D eigenvalue weighted by Gasteiger charge is -2.32. The Labute approximate surface area is 201 Å². The highest BCUT2D eigenvalue weighted by molar-refractivity contribution is 5.88. The standard InChI is InChI=1S/C29H33FN2O2/c1-21(2)19-31-29(34)27(17-23-9-5-4-6-10-23)32(20-24-12-14-26(30)15-13-24)28(33)18-25-11-7-8-22(3)16-25/h4-16,21,27H,17-20H2,1-3H3,(H,31,34)/t27-/m1/s1. The molecule has 3 aromatic rings. The van der Waals surface area contributed by atoms with Crippen molar-refractivity contribution in [2.45, 2.75) is 46.2 Å². The Balaban J connectivity index is 1.94. The van der Waals surface area contributed by atoms with Crippen LogP contribution in [0.1, 0.15) is 36.1 Å². The summed E-state index contributed by atoms with van der Waals surface area (Å²) >= 11 is 0. The lowest BCUT2D eigenvalue weighted by Crippen LogP contribution is -2.51. The Kier molecular flexibility index (Phi) is 8.97. The first-order chi connectivity index (χ1) is 16.3. The zero-order chi connectivity index (χ0) is 24.5. The summed E-state index contributed by atoms with van der Waals surface area (Å²) in [5.74, 6) is -0.375. The first-order valence-electron chi connectivity index (χ1n) is 11.7. The van der Waals surface area contributed by atoms with Crippen LogP contribution in [-0.2, 0) is 29.0 Å². The summed E-state index contributed by atoms with van der Waals surface area (Å²) in [5.41, 5.74) is 3.72. The molecule has 3 rings (SSSR count). The highest BCUT2D eigenvalue weighted by Crippen LogP contribution is 2.17. The maximum absolute atomic E-state index is 13.6. The summed E-state index contributed by atoms with van der Waals surface area (Å²) in [6, 6.07) is 22.9. The fraction of sp³-hybridized carbons (Fsp3) is 0.310. The van der Waals surface area contributed by atoms with E-state index in [-0.39, 0.29) is 36.5 Å². The second-order valence-electron chi connectivity index (χ2n) is 9.16. The average molecular weight is 461 g/mol. The van der Waals surface area contributed by atoms with Crippen molar-refractivity contribution in [1.82, 2.24) is 10.2 Å². The maximum atomic E-state index is 13.6. The van der Waals surface area contributed by atoms with Crippen LogP contribution in [0.2, 0.25) is 0 Å². The monoisotopic (exact) mass is 460 g/mol. The number of hydrogen-bond donors (Lipinski definition) is 1. The molecule has 0 spiro atoms. The molecule has 3 aromatic carbocycles. The number of nitrogens with one attached hydrogen (secondary N) is 1. The normalized spacial score (nSPS) is 11.8. The second kappa shape index (κ2) is 12.1. The van der Waals surface area contributed by atoms with Gasteiger partial charge in [0.15, 0.2) is 0 Å². The summed E-state index contributed by atoms with van der Waals surface area (Å²) < 4.78 is 13.5. The molecule has 0 aliphatic rings. The fourth-order valence-electron chi connectivity index (χ4n) is 3.86. The number of carbonyl (C=O) groups excluding carboxylic acids is 2. The van der Waals surface area contributed by atoms with Crippen LogP contribution in [0.5, 0.6) is 0 Å². The molecular weight excluding hydrogens is 427 g/mol. The minimum absolute atomic E-state index is 0.143. The molecule has 0 bridgehead atoms. The van der Waals surface area contributed by atoms with Crippen LogP contribution in [0.3, 0.4) is 0 Å². The molecule has 0 saturated heterocycles.